The zero-order valence-corrected chi connectivity index (χ0v) is 33.9. The van der Waals surface area contributed by atoms with E-state index in [4.69, 9.17) is 14.2 Å². The number of aliphatic hydroxyl groups is 1. The van der Waals surface area contributed by atoms with E-state index in [-0.39, 0.29) is 48.8 Å². The number of ether oxygens (including phenoxy) is 3. The van der Waals surface area contributed by atoms with Crippen molar-refractivity contribution in [3.63, 3.8) is 0 Å². The van der Waals surface area contributed by atoms with E-state index in [1.165, 1.54) is 5.19 Å². The van der Waals surface area contributed by atoms with Crippen molar-refractivity contribution in [2.45, 2.75) is 56.8 Å². The summed E-state index contributed by atoms with van der Waals surface area (Å²) in [6.07, 6.45) is -0.549. The summed E-state index contributed by atoms with van der Waals surface area (Å²) in [5, 5.41) is 14.3. The summed E-state index contributed by atoms with van der Waals surface area (Å²) in [5.74, 6) is 0.753. The molecule has 56 heavy (non-hydrogen) atoms. The third kappa shape index (κ3) is 7.22. The molecule has 294 valence electrons. The number of nitrogens with one attached hydrogen (secondary N) is 1. The molecule has 0 unspecified atom stereocenters. The minimum absolute atomic E-state index is 0.0270. The van der Waals surface area contributed by atoms with Gasteiger partial charge in [0.2, 0.25) is 11.8 Å². The predicted molar refractivity (Wildman–Crippen MR) is 219 cm³/mol. The maximum absolute atomic E-state index is 15.3. The van der Waals surface area contributed by atoms with Gasteiger partial charge in [-0.15, -0.1) is 0 Å². The van der Waals surface area contributed by atoms with Gasteiger partial charge in [0.05, 0.1) is 60.2 Å². The molecule has 2 fully saturated rings. The molecule has 0 aromatic heterocycles. The zero-order valence-electron chi connectivity index (χ0n) is 32.9. The van der Waals surface area contributed by atoms with Crippen LogP contribution in [0.3, 0.4) is 0 Å². The highest BCUT2D eigenvalue weighted by atomic mass is 28.3. The first kappa shape index (κ1) is 39.2. The van der Waals surface area contributed by atoms with E-state index in [0.717, 1.165) is 40.4 Å². The van der Waals surface area contributed by atoms with Crippen LogP contribution in [0.1, 0.15) is 30.0 Å². The number of aliphatic hydroxyl groups excluding tert-OH is 1. The smallest absolute Gasteiger partial charge is 0.264 e. The Hall–Kier alpha value is -5.01. The van der Waals surface area contributed by atoms with Crippen LogP contribution in [0.4, 0.5) is 11.4 Å². The number of carbonyl (C=O) groups is 3. The van der Waals surface area contributed by atoms with Crippen LogP contribution < -0.4 is 29.8 Å². The Kier molecular flexibility index (Phi) is 11.4. The van der Waals surface area contributed by atoms with Crippen molar-refractivity contribution in [3.8, 4) is 11.5 Å². The van der Waals surface area contributed by atoms with Gasteiger partial charge in [0.25, 0.3) is 5.91 Å². The van der Waals surface area contributed by atoms with Crippen molar-refractivity contribution >= 4 is 42.4 Å². The number of carbonyl (C=O) groups excluding carboxylic acids is 3. The minimum atomic E-state index is -2.53. The third-order valence-electron chi connectivity index (χ3n) is 12.0. The summed E-state index contributed by atoms with van der Waals surface area (Å²) in [4.78, 5) is 47.6. The summed E-state index contributed by atoms with van der Waals surface area (Å²) in [6, 6.07) is 31.4. The number of rotatable bonds is 13. The van der Waals surface area contributed by atoms with Gasteiger partial charge in [-0.25, -0.2) is 0 Å². The molecule has 3 aliphatic rings. The lowest BCUT2D eigenvalue weighted by molar-refractivity contribution is -0.150. The molecule has 12 heteroatoms. The molecule has 2 saturated heterocycles. The molecule has 0 bridgehead atoms. The van der Waals surface area contributed by atoms with Crippen molar-refractivity contribution in [1.82, 2.24) is 10.2 Å². The van der Waals surface area contributed by atoms with E-state index in [1.807, 2.05) is 84.9 Å². The molecular weight excluding hydrogens is 725 g/mol. The van der Waals surface area contributed by atoms with Gasteiger partial charge in [-0.3, -0.25) is 14.4 Å². The van der Waals surface area contributed by atoms with E-state index in [1.54, 1.807) is 28.9 Å². The first-order valence-corrected chi connectivity index (χ1v) is 22.4. The second kappa shape index (κ2) is 16.2. The normalized spacial score (nSPS) is 22.1. The molecule has 2 N–H and O–H groups in total. The highest BCUT2D eigenvalue weighted by molar-refractivity contribution is 6.91. The van der Waals surface area contributed by atoms with Crippen LogP contribution in [0.2, 0.25) is 18.6 Å². The largest absolute Gasteiger partial charge is 0.497 e. The lowest BCUT2D eigenvalue weighted by Crippen LogP contribution is -2.52. The van der Waals surface area contributed by atoms with Gasteiger partial charge in [-0.1, -0.05) is 79.8 Å². The van der Waals surface area contributed by atoms with E-state index < -0.39 is 19.8 Å². The molecule has 4 aromatic rings. The third-order valence-corrected chi connectivity index (χ3v) is 16.4. The number of fused-ring (bicyclic) bond motifs is 2. The number of piperazine rings is 1. The Balaban J connectivity index is 1.27. The van der Waals surface area contributed by atoms with Gasteiger partial charge in [0, 0.05) is 43.3 Å². The van der Waals surface area contributed by atoms with E-state index >= 15 is 4.79 Å². The average Bonchev–Trinajstić information content (AvgIpc) is 3.64. The summed E-state index contributed by atoms with van der Waals surface area (Å²) >= 11 is 0. The number of benzene rings is 4. The molecule has 4 atom stereocenters. The molecule has 3 heterocycles. The number of hydrogen-bond acceptors (Lipinski definition) is 8. The quantitative estimate of drug-likeness (QED) is 0.186. The fourth-order valence-corrected chi connectivity index (χ4v) is 13.1. The second-order valence-electron chi connectivity index (χ2n) is 15.5. The molecule has 0 saturated carbocycles. The highest BCUT2D eigenvalue weighted by Gasteiger charge is 2.66. The fourth-order valence-electron chi connectivity index (χ4n) is 9.14. The summed E-state index contributed by atoms with van der Waals surface area (Å²) in [5.41, 5.74) is 2.62. The molecular formula is C44H52N4O7Si. The standard InChI is InChI=1S/C44H52N4O7Si/c1-30-42(56(4,5)36-18-15-34(53-2)16-19-36)39(26-40(50)46(23-24-49)28-31-9-7-6-8-10-31)55-44(30)37-25-35(54-3)17-20-38(37)48(43(44)52)29-32-11-13-33(14-12-32)47-22-21-45-27-41(47)51/h6-20,25,30,39,42,45,49H,21-24,26-29H2,1-5H3/t30-,39+,42-,44+/m1/s1. The van der Waals surface area contributed by atoms with E-state index in [2.05, 4.69) is 37.5 Å². The van der Waals surface area contributed by atoms with Crippen molar-refractivity contribution in [2.24, 2.45) is 5.92 Å². The monoisotopic (exact) mass is 776 g/mol. The van der Waals surface area contributed by atoms with Crippen LogP contribution in [0, 0.1) is 5.92 Å². The van der Waals surface area contributed by atoms with Crippen molar-refractivity contribution in [2.75, 3.05) is 56.8 Å². The van der Waals surface area contributed by atoms with Crippen molar-refractivity contribution in [1.29, 1.82) is 0 Å². The number of hydrogen-bond donors (Lipinski definition) is 2. The zero-order chi connectivity index (χ0) is 39.6. The molecule has 0 aliphatic carbocycles. The number of amides is 3. The Morgan fingerprint density at radius 1 is 0.946 bits per heavy atom. The maximum Gasteiger partial charge on any atom is 0.264 e. The van der Waals surface area contributed by atoms with Crippen LogP contribution in [-0.4, -0.2) is 88.9 Å². The Bertz CT molecular complexity index is 2040. The fraction of sp³-hybridized carbons (Fsp3) is 0.386. The summed E-state index contributed by atoms with van der Waals surface area (Å²) < 4.78 is 18.5. The summed E-state index contributed by atoms with van der Waals surface area (Å²) in [7, 11) is 0.724. The first-order chi connectivity index (χ1) is 27.0. The van der Waals surface area contributed by atoms with Crippen molar-refractivity contribution < 1.29 is 33.7 Å². The molecule has 3 aliphatic heterocycles. The van der Waals surface area contributed by atoms with Crippen LogP contribution >= 0.6 is 0 Å². The van der Waals surface area contributed by atoms with Gasteiger partial charge >= 0.3 is 0 Å². The molecule has 0 radical (unpaired) electrons. The predicted octanol–water partition coefficient (Wildman–Crippen LogP) is 4.81. The van der Waals surface area contributed by atoms with Gasteiger partial charge in [-0.2, -0.15) is 0 Å². The Labute approximate surface area is 330 Å². The Morgan fingerprint density at radius 2 is 1.64 bits per heavy atom. The van der Waals surface area contributed by atoms with Crippen molar-refractivity contribution in [3.05, 3.63) is 114 Å². The SMILES string of the molecule is COc1ccc([Si](C)(C)[C@H]2[C@H](CC(=O)N(CCO)Cc3ccccc3)O[C@@]3(C(=O)N(Cc4ccc(N5CCNCC5=O)cc4)c4ccc(OC)cc43)[C@@H]2C)cc1. The molecule has 1 spiro atoms. The lowest BCUT2D eigenvalue weighted by atomic mass is 9.82. The Morgan fingerprint density at radius 3 is 2.30 bits per heavy atom. The van der Waals surface area contributed by atoms with Crippen LogP contribution in [0.15, 0.2) is 97.1 Å². The highest BCUT2D eigenvalue weighted by Crippen LogP contribution is 2.60. The molecule has 7 rings (SSSR count). The van der Waals surface area contributed by atoms with Gasteiger partial charge in [0.15, 0.2) is 5.60 Å². The average molecular weight is 777 g/mol. The van der Waals surface area contributed by atoms with Gasteiger partial charge < -0.3 is 39.3 Å². The number of methoxy groups -OCH3 is 2. The van der Waals surface area contributed by atoms with Crippen LogP contribution in [-0.2, 0) is 37.8 Å². The number of nitrogens with zero attached hydrogens (tertiary/aromatic N) is 3. The second-order valence-corrected chi connectivity index (χ2v) is 20.2. The first-order valence-electron chi connectivity index (χ1n) is 19.4. The maximum atomic E-state index is 15.3. The topological polar surface area (TPSA) is 121 Å². The molecule has 4 aromatic carbocycles. The van der Waals surface area contributed by atoms with Crippen LogP contribution in [0.25, 0.3) is 0 Å². The van der Waals surface area contributed by atoms with Gasteiger partial charge in [0.1, 0.15) is 11.5 Å². The number of anilines is 2. The van der Waals surface area contributed by atoms with E-state index in [9.17, 15) is 14.7 Å². The molecule has 11 nitrogen and oxygen atoms in total. The summed E-state index contributed by atoms with van der Waals surface area (Å²) in [6.45, 7) is 8.98. The van der Waals surface area contributed by atoms with Gasteiger partial charge in [-0.05, 0) is 59.1 Å². The minimum Gasteiger partial charge on any atom is -0.497 e. The van der Waals surface area contributed by atoms with Crippen LogP contribution in [0.5, 0.6) is 11.5 Å². The lowest BCUT2D eigenvalue weighted by Gasteiger charge is -2.37. The molecule has 3 amide bonds. The van der Waals surface area contributed by atoms with E-state index in [0.29, 0.717) is 31.9 Å².